The first kappa shape index (κ1) is 17.4. The van der Waals surface area contributed by atoms with Gasteiger partial charge in [0.15, 0.2) is 0 Å². The summed E-state index contributed by atoms with van der Waals surface area (Å²) in [6.45, 7) is 6.83. The van der Waals surface area contributed by atoms with Gasteiger partial charge in [-0.3, -0.25) is 4.79 Å². The van der Waals surface area contributed by atoms with Crippen LogP contribution in [0.15, 0.2) is 58.9 Å². The molecular weight excluding hydrogens is 382 g/mol. The Morgan fingerprint density at radius 2 is 2.12 bits per heavy atom. The van der Waals surface area contributed by atoms with E-state index in [0.29, 0.717) is 6.42 Å². The largest absolute Gasteiger partial charge is 0.336 e. The van der Waals surface area contributed by atoms with Crippen LogP contribution in [0, 0.1) is 0 Å². The molecule has 2 atom stereocenters. The van der Waals surface area contributed by atoms with Gasteiger partial charge in [-0.25, -0.2) is 0 Å². The molecule has 126 valence electrons. The van der Waals surface area contributed by atoms with Crippen LogP contribution in [-0.2, 0) is 10.2 Å². The molecule has 1 aromatic heterocycles. The molecule has 0 saturated carbocycles. The molecule has 2 nitrogen and oxygen atoms in total. The van der Waals surface area contributed by atoms with Gasteiger partial charge in [0.1, 0.15) is 0 Å². The van der Waals surface area contributed by atoms with Gasteiger partial charge in [-0.1, -0.05) is 40.2 Å². The molecule has 4 heteroatoms. The third-order valence-corrected chi connectivity index (χ3v) is 6.68. The number of thiophene rings is 1. The molecule has 3 rings (SSSR count). The molecule has 0 aliphatic carbocycles. The second-order valence-corrected chi connectivity index (χ2v) is 8.36. The van der Waals surface area contributed by atoms with Crippen LogP contribution in [0.25, 0.3) is 0 Å². The van der Waals surface area contributed by atoms with Gasteiger partial charge in [0.05, 0.1) is 6.04 Å². The summed E-state index contributed by atoms with van der Waals surface area (Å²) in [5.74, 6) is 0.243. The van der Waals surface area contributed by atoms with Crippen LogP contribution < -0.4 is 0 Å². The van der Waals surface area contributed by atoms with E-state index in [2.05, 4.69) is 59.1 Å². The predicted octanol–water partition coefficient (Wildman–Crippen LogP) is 5.71. The minimum atomic E-state index is -0.0665. The lowest BCUT2D eigenvalue weighted by molar-refractivity contribution is -0.138. The predicted molar refractivity (Wildman–Crippen MR) is 104 cm³/mol. The van der Waals surface area contributed by atoms with E-state index in [0.717, 1.165) is 23.9 Å². The monoisotopic (exact) mass is 403 g/mol. The smallest absolute Gasteiger partial charge is 0.224 e. The summed E-state index contributed by atoms with van der Waals surface area (Å²) in [7, 11) is 0. The maximum absolute atomic E-state index is 12.9. The van der Waals surface area contributed by atoms with Gasteiger partial charge in [0.25, 0.3) is 0 Å². The number of hydrogen-bond acceptors (Lipinski definition) is 2. The Hall–Kier alpha value is -1.39. The first-order chi connectivity index (χ1) is 11.6. The van der Waals surface area contributed by atoms with Crippen LogP contribution in [0.3, 0.4) is 0 Å². The average Bonchev–Trinajstić information content (AvgIpc) is 3.10. The van der Waals surface area contributed by atoms with Crippen LogP contribution in [0.1, 0.15) is 42.7 Å². The van der Waals surface area contributed by atoms with E-state index in [9.17, 15) is 4.79 Å². The van der Waals surface area contributed by atoms with Crippen molar-refractivity contribution in [3.63, 3.8) is 0 Å². The number of carbonyl (C=O) groups is 1. The number of likely N-dealkylation sites (tertiary alicyclic amines) is 1. The molecule has 0 spiro atoms. The third kappa shape index (κ3) is 3.35. The second kappa shape index (κ2) is 7.24. The molecule has 1 saturated heterocycles. The summed E-state index contributed by atoms with van der Waals surface area (Å²) in [4.78, 5) is 16.3. The van der Waals surface area contributed by atoms with E-state index in [1.165, 1.54) is 10.4 Å². The number of halogens is 1. The van der Waals surface area contributed by atoms with Gasteiger partial charge in [-0.05, 0) is 48.9 Å². The molecule has 1 fully saturated rings. The van der Waals surface area contributed by atoms with Crippen molar-refractivity contribution < 1.29 is 4.79 Å². The highest BCUT2D eigenvalue weighted by atomic mass is 79.9. The van der Waals surface area contributed by atoms with E-state index in [1.807, 2.05) is 23.1 Å². The van der Waals surface area contributed by atoms with Crippen LogP contribution in [0.2, 0.25) is 0 Å². The Morgan fingerprint density at radius 3 is 2.71 bits per heavy atom. The van der Waals surface area contributed by atoms with Crippen molar-refractivity contribution in [2.75, 3.05) is 6.54 Å². The van der Waals surface area contributed by atoms with Crippen molar-refractivity contribution in [2.24, 2.45) is 0 Å². The lowest BCUT2D eigenvalue weighted by Gasteiger charge is -2.43. The van der Waals surface area contributed by atoms with Crippen molar-refractivity contribution >= 4 is 33.2 Å². The molecular formula is C20H22BrNOS. The molecule has 1 amide bonds. The minimum absolute atomic E-state index is 0.0665. The van der Waals surface area contributed by atoms with E-state index >= 15 is 0 Å². The molecule has 1 aromatic carbocycles. The number of benzene rings is 1. The lowest BCUT2D eigenvalue weighted by atomic mass is 9.73. The first-order valence-corrected chi connectivity index (χ1v) is 9.93. The topological polar surface area (TPSA) is 20.3 Å². The van der Waals surface area contributed by atoms with Crippen LogP contribution >= 0.6 is 27.3 Å². The van der Waals surface area contributed by atoms with Crippen molar-refractivity contribution in [3.8, 4) is 0 Å². The van der Waals surface area contributed by atoms with Gasteiger partial charge < -0.3 is 4.90 Å². The number of hydrogen-bond donors (Lipinski definition) is 0. The number of amides is 1. The van der Waals surface area contributed by atoms with E-state index in [-0.39, 0.29) is 17.4 Å². The number of carbonyl (C=O) groups excluding carboxylic acids is 1. The number of allylic oxidation sites excluding steroid dienone is 1. The quantitative estimate of drug-likeness (QED) is 0.585. The molecule has 1 unspecified atom stereocenters. The molecule has 0 bridgehead atoms. The maximum atomic E-state index is 12.9. The Morgan fingerprint density at radius 1 is 1.38 bits per heavy atom. The Balaban J connectivity index is 1.80. The average molecular weight is 404 g/mol. The molecule has 0 N–H and O–H groups in total. The lowest BCUT2D eigenvalue weighted by Crippen LogP contribution is -2.46. The normalized spacial score (nSPS) is 22.4. The number of nitrogens with zero attached hydrogens (tertiary/aromatic N) is 1. The SMILES string of the molecule is C=CCC1(c2cccs2)CCN([C@@H](C)c2ccc(Br)cc2)C(=O)C1. The van der Waals surface area contributed by atoms with Gasteiger partial charge in [-0.15, -0.1) is 17.9 Å². The fourth-order valence-electron chi connectivity index (χ4n) is 3.61. The Labute approximate surface area is 156 Å². The van der Waals surface area contributed by atoms with Crippen molar-refractivity contribution in [2.45, 2.75) is 37.6 Å². The molecule has 1 aliphatic rings. The van der Waals surface area contributed by atoms with Crippen molar-refractivity contribution in [3.05, 3.63) is 69.3 Å². The number of rotatable bonds is 5. The van der Waals surface area contributed by atoms with E-state index < -0.39 is 0 Å². The minimum Gasteiger partial charge on any atom is -0.336 e. The molecule has 2 heterocycles. The highest BCUT2D eigenvalue weighted by molar-refractivity contribution is 9.10. The molecule has 24 heavy (non-hydrogen) atoms. The zero-order valence-corrected chi connectivity index (χ0v) is 16.3. The van der Waals surface area contributed by atoms with Gasteiger partial charge in [-0.2, -0.15) is 0 Å². The second-order valence-electron chi connectivity index (χ2n) is 6.49. The van der Waals surface area contributed by atoms with E-state index in [4.69, 9.17) is 0 Å². The summed E-state index contributed by atoms with van der Waals surface area (Å²) < 4.78 is 1.06. The van der Waals surface area contributed by atoms with Crippen LogP contribution in [0.5, 0.6) is 0 Å². The molecule has 0 radical (unpaired) electrons. The Bertz CT molecular complexity index is 710. The fraction of sp³-hybridized carbons (Fsp3) is 0.350. The van der Waals surface area contributed by atoms with Crippen LogP contribution in [-0.4, -0.2) is 17.4 Å². The van der Waals surface area contributed by atoms with Gasteiger partial charge >= 0.3 is 0 Å². The maximum Gasteiger partial charge on any atom is 0.224 e. The van der Waals surface area contributed by atoms with Crippen molar-refractivity contribution in [1.29, 1.82) is 0 Å². The third-order valence-electron chi connectivity index (χ3n) is 5.04. The Kier molecular flexibility index (Phi) is 5.26. The first-order valence-electron chi connectivity index (χ1n) is 8.25. The van der Waals surface area contributed by atoms with Gasteiger partial charge in [0, 0.05) is 27.7 Å². The zero-order valence-electron chi connectivity index (χ0n) is 13.9. The van der Waals surface area contributed by atoms with Crippen molar-refractivity contribution in [1.82, 2.24) is 4.90 Å². The molecule has 1 aliphatic heterocycles. The summed E-state index contributed by atoms with van der Waals surface area (Å²) in [5.41, 5.74) is 1.11. The summed E-state index contributed by atoms with van der Waals surface area (Å²) >= 11 is 5.22. The highest BCUT2D eigenvalue weighted by Gasteiger charge is 2.41. The summed E-state index contributed by atoms with van der Waals surface area (Å²) in [6.07, 6.45) is 4.38. The molecule has 2 aromatic rings. The standard InChI is InChI=1S/C20H22BrNOS/c1-3-10-20(18-5-4-13-24-18)11-12-22(19(23)14-20)15(2)16-6-8-17(21)9-7-16/h3-9,13,15H,1,10-12,14H2,2H3/t15-,20?/m0/s1. The highest BCUT2D eigenvalue weighted by Crippen LogP contribution is 2.43. The summed E-state index contributed by atoms with van der Waals surface area (Å²) in [5, 5.41) is 2.10. The zero-order chi connectivity index (χ0) is 17.2. The fourth-order valence-corrected chi connectivity index (χ4v) is 4.84. The number of piperidine rings is 1. The van der Waals surface area contributed by atoms with Gasteiger partial charge in [0.2, 0.25) is 5.91 Å². The van der Waals surface area contributed by atoms with E-state index in [1.54, 1.807) is 11.3 Å². The summed E-state index contributed by atoms with van der Waals surface area (Å²) in [6, 6.07) is 12.6. The van der Waals surface area contributed by atoms with Crippen LogP contribution in [0.4, 0.5) is 0 Å².